The molecule has 0 bridgehead atoms. The lowest BCUT2D eigenvalue weighted by Gasteiger charge is -2.26. The quantitative estimate of drug-likeness (QED) is 0.656. The molecule has 0 spiro atoms. The number of benzene rings is 2. The maximum absolute atomic E-state index is 2.29. The van der Waals surface area contributed by atoms with E-state index in [9.17, 15) is 0 Å². The molecule has 0 aromatic heterocycles. The Labute approximate surface area is 111 Å². The van der Waals surface area contributed by atoms with E-state index >= 15 is 0 Å². The summed E-state index contributed by atoms with van der Waals surface area (Å²) >= 11 is 0. The zero-order valence-electron chi connectivity index (χ0n) is 11.3. The fourth-order valence-electron chi connectivity index (χ4n) is 2.91. The Morgan fingerprint density at radius 1 is 0.611 bits per heavy atom. The second-order valence-electron chi connectivity index (χ2n) is 4.85. The summed E-state index contributed by atoms with van der Waals surface area (Å²) in [5.74, 6) is 1.25. The third-order valence-corrected chi connectivity index (χ3v) is 3.82. The molecule has 0 fully saturated rings. The molecule has 0 heterocycles. The second kappa shape index (κ2) is 6.39. The van der Waals surface area contributed by atoms with Crippen molar-refractivity contribution < 1.29 is 0 Å². The highest BCUT2D eigenvalue weighted by Gasteiger charge is 2.21. The van der Waals surface area contributed by atoms with E-state index in [4.69, 9.17) is 0 Å². The monoisotopic (exact) mass is 238 g/mol. The number of rotatable bonds is 5. The minimum Gasteiger partial charge on any atom is -0.0648 e. The molecule has 0 nitrogen and oxygen atoms in total. The third-order valence-electron chi connectivity index (χ3n) is 3.82. The van der Waals surface area contributed by atoms with Crippen LogP contribution in [0.25, 0.3) is 0 Å². The average Bonchev–Trinajstić information content (AvgIpc) is 2.46. The lowest BCUT2D eigenvalue weighted by molar-refractivity contribution is 0.510. The molecule has 0 aliphatic rings. The van der Waals surface area contributed by atoms with E-state index in [1.807, 2.05) is 0 Å². The topological polar surface area (TPSA) is 0 Å². The maximum Gasteiger partial charge on any atom is -0.00958 e. The molecule has 0 unspecified atom stereocenters. The van der Waals surface area contributed by atoms with Crippen LogP contribution in [0.15, 0.2) is 60.7 Å². The summed E-state index contributed by atoms with van der Waals surface area (Å²) in [6, 6.07) is 21.8. The Morgan fingerprint density at radius 2 is 0.944 bits per heavy atom. The largest absolute Gasteiger partial charge is 0.0648 e. The first-order valence-electron chi connectivity index (χ1n) is 6.96. The molecular weight excluding hydrogens is 216 g/mol. The van der Waals surface area contributed by atoms with Crippen molar-refractivity contribution in [2.45, 2.75) is 38.5 Å². The first kappa shape index (κ1) is 12.9. The highest BCUT2D eigenvalue weighted by Crippen LogP contribution is 2.37. The Hall–Kier alpha value is -1.56. The summed E-state index contributed by atoms with van der Waals surface area (Å²) in [6.45, 7) is 4.59. The van der Waals surface area contributed by atoms with E-state index in [0.717, 1.165) is 0 Å². The molecule has 2 aromatic carbocycles. The van der Waals surface area contributed by atoms with Gasteiger partial charge in [-0.25, -0.2) is 0 Å². The smallest absolute Gasteiger partial charge is 0.00958 e. The van der Waals surface area contributed by atoms with Crippen molar-refractivity contribution in [1.82, 2.24) is 0 Å². The summed E-state index contributed by atoms with van der Waals surface area (Å²) in [4.78, 5) is 0. The van der Waals surface area contributed by atoms with Gasteiger partial charge >= 0.3 is 0 Å². The normalized spacial score (nSPS) is 14.1. The van der Waals surface area contributed by atoms with Gasteiger partial charge in [0.25, 0.3) is 0 Å². The molecule has 94 valence electrons. The Morgan fingerprint density at radius 3 is 1.22 bits per heavy atom. The summed E-state index contributed by atoms with van der Waals surface area (Å²) in [5.41, 5.74) is 2.94. The predicted octanol–water partition coefficient (Wildman–Crippen LogP) is 5.37. The zero-order chi connectivity index (χ0) is 12.8. The van der Waals surface area contributed by atoms with Crippen LogP contribution in [0.5, 0.6) is 0 Å². The lowest BCUT2D eigenvalue weighted by Crippen LogP contribution is -2.10. The van der Waals surface area contributed by atoms with Gasteiger partial charge in [0.1, 0.15) is 0 Å². The van der Waals surface area contributed by atoms with Crippen LogP contribution in [0.1, 0.15) is 49.7 Å². The summed E-state index contributed by atoms with van der Waals surface area (Å²) in [5, 5.41) is 0. The minimum atomic E-state index is 0.624. The van der Waals surface area contributed by atoms with Crippen molar-refractivity contribution in [3.8, 4) is 0 Å². The standard InChI is InChI=1S/C18H22/c1-3-17(15-11-7-5-8-12-15)18(4-2)16-13-9-6-10-14-16/h5-14,17-18H,3-4H2,1-2H3/t17-,18-/m1/s1. The molecule has 0 aliphatic heterocycles. The van der Waals surface area contributed by atoms with Crippen LogP contribution in [0.4, 0.5) is 0 Å². The van der Waals surface area contributed by atoms with Crippen molar-refractivity contribution in [3.05, 3.63) is 71.8 Å². The molecule has 0 aliphatic carbocycles. The van der Waals surface area contributed by atoms with E-state index < -0.39 is 0 Å². The van der Waals surface area contributed by atoms with E-state index in [-0.39, 0.29) is 0 Å². The Balaban J connectivity index is 2.31. The molecular formula is C18H22. The van der Waals surface area contributed by atoms with Crippen LogP contribution in [0.2, 0.25) is 0 Å². The fourth-order valence-corrected chi connectivity index (χ4v) is 2.91. The van der Waals surface area contributed by atoms with Crippen molar-refractivity contribution in [2.24, 2.45) is 0 Å². The van der Waals surface area contributed by atoms with E-state index in [0.29, 0.717) is 11.8 Å². The maximum atomic E-state index is 2.29. The number of hydrogen-bond acceptors (Lipinski definition) is 0. The van der Waals surface area contributed by atoms with Gasteiger partial charge in [0.05, 0.1) is 0 Å². The molecule has 0 saturated carbocycles. The summed E-state index contributed by atoms with van der Waals surface area (Å²) in [7, 11) is 0. The van der Waals surface area contributed by atoms with E-state index in [1.165, 1.54) is 24.0 Å². The zero-order valence-corrected chi connectivity index (χ0v) is 11.3. The second-order valence-corrected chi connectivity index (χ2v) is 4.85. The van der Waals surface area contributed by atoms with Crippen LogP contribution in [-0.2, 0) is 0 Å². The molecule has 2 rings (SSSR count). The highest BCUT2D eigenvalue weighted by atomic mass is 14.2. The van der Waals surface area contributed by atoms with Gasteiger partial charge in [-0.05, 0) is 35.8 Å². The van der Waals surface area contributed by atoms with Gasteiger partial charge in [-0.1, -0.05) is 74.5 Å². The van der Waals surface area contributed by atoms with Crippen LogP contribution in [0, 0.1) is 0 Å². The molecule has 0 heteroatoms. The summed E-state index contributed by atoms with van der Waals surface area (Å²) < 4.78 is 0. The molecule has 2 aromatic rings. The first-order chi connectivity index (χ1) is 8.86. The van der Waals surface area contributed by atoms with Crippen molar-refractivity contribution in [1.29, 1.82) is 0 Å². The molecule has 0 saturated heterocycles. The van der Waals surface area contributed by atoms with Crippen LogP contribution in [0.3, 0.4) is 0 Å². The van der Waals surface area contributed by atoms with Gasteiger partial charge in [-0.15, -0.1) is 0 Å². The number of hydrogen-bond donors (Lipinski definition) is 0. The average molecular weight is 238 g/mol. The van der Waals surface area contributed by atoms with Gasteiger partial charge in [-0.2, -0.15) is 0 Å². The highest BCUT2D eigenvalue weighted by molar-refractivity contribution is 5.28. The molecule has 0 radical (unpaired) electrons. The molecule has 2 atom stereocenters. The molecule has 0 N–H and O–H groups in total. The van der Waals surface area contributed by atoms with Gasteiger partial charge < -0.3 is 0 Å². The Bertz CT molecular complexity index is 398. The molecule has 18 heavy (non-hydrogen) atoms. The predicted molar refractivity (Wildman–Crippen MR) is 78.9 cm³/mol. The van der Waals surface area contributed by atoms with Crippen molar-refractivity contribution in [3.63, 3.8) is 0 Å². The Kier molecular flexibility index (Phi) is 4.58. The van der Waals surface area contributed by atoms with Crippen LogP contribution in [-0.4, -0.2) is 0 Å². The van der Waals surface area contributed by atoms with E-state index in [1.54, 1.807) is 0 Å². The third kappa shape index (κ3) is 2.81. The fraction of sp³-hybridized carbons (Fsp3) is 0.333. The van der Waals surface area contributed by atoms with Crippen molar-refractivity contribution in [2.75, 3.05) is 0 Å². The molecule has 0 amide bonds. The van der Waals surface area contributed by atoms with Crippen molar-refractivity contribution >= 4 is 0 Å². The first-order valence-corrected chi connectivity index (χ1v) is 6.96. The van der Waals surface area contributed by atoms with E-state index in [2.05, 4.69) is 74.5 Å². The van der Waals surface area contributed by atoms with Crippen LogP contribution < -0.4 is 0 Å². The van der Waals surface area contributed by atoms with Gasteiger partial charge in [-0.3, -0.25) is 0 Å². The SMILES string of the molecule is CC[C@H](c1ccccc1)[C@H](CC)c1ccccc1. The summed E-state index contributed by atoms with van der Waals surface area (Å²) in [6.07, 6.45) is 2.38. The lowest BCUT2D eigenvalue weighted by atomic mass is 9.78. The van der Waals surface area contributed by atoms with Gasteiger partial charge in [0, 0.05) is 0 Å². The van der Waals surface area contributed by atoms with Gasteiger partial charge in [0.15, 0.2) is 0 Å². The minimum absolute atomic E-state index is 0.624. The van der Waals surface area contributed by atoms with Crippen LogP contribution >= 0.6 is 0 Å². The van der Waals surface area contributed by atoms with Gasteiger partial charge in [0.2, 0.25) is 0 Å².